The van der Waals surface area contributed by atoms with E-state index in [1.165, 1.54) is 5.56 Å². The van der Waals surface area contributed by atoms with Crippen molar-refractivity contribution >= 4 is 11.8 Å². The fourth-order valence-corrected chi connectivity index (χ4v) is 2.11. The molecule has 0 saturated carbocycles. The Hall–Kier alpha value is -1.84. The van der Waals surface area contributed by atoms with Gasteiger partial charge in [-0.3, -0.25) is 9.59 Å². The second-order valence-corrected chi connectivity index (χ2v) is 4.91. The van der Waals surface area contributed by atoms with Crippen LogP contribution < -0.4 is 10.6 Å². The SMILES string of the molecule is O=C(CCCCCc1ccccc1)NC1CNC1=O. The number of hydrogen-bond donors (Lipinski definition) is 2. The van der Waals surface area contributed by atoms with Crippen molar-refractivity contribution in [2.45, 2.75) is 38.1 Å². The first kappa shape index (κ1) is 13.6. The van der Waals surface area contributed by atoms with Crippen molar-refractivity contribution in [2.75, 3.05) is 6.54 Å². The lowest BCUT2D eigenvalue weighted by Gasteiger charge is -2.26. The van der Waals surface area contributed by atoms with Crippen molar-refractivity contribution in [3.8, 4) is 0 Å². The first-order valence-corrected chi connectivity index (χ1v) is 6.87. The van der Waals surface area contributed by atoms with E-state index in [2.05, 4.69) is 22.8 Å². The van der Waals surface area contributed by atoms with Crippen molar-refractivity contribution in [3.63, 3.8) is 0 Å². The summed E-state index contributed by atoms with van der Waals surface area (Å²) in [5.74, 6) is -0.0861. The largest absolute Gasteiger partial charge is 0.352 e. The van der Waals surface area contributed by atoms with Gasteiger partial charge in [-0.25, -0.2) is 0 Å². The van der Waals surface area contributed by atoms with Gasteiger partial charge in [-0.2, -0.15) is 0 Å². The zero-order chi connectivity index (χ0) is 13.5. The Bertz CT molecular complexity index is 431. The van der Waals surface area contributed by atoms with Gasteiger partial charge in [0.1, 0.15) is 6.04 Å². The first-order chi connectivity index (χ1) is 9.25. The molecule has 0 spiro atoms. The van der Waals surface area contributed by atoms with Gasteiger partial charge in [-0.05, 0) is 24.8 Å². The summed E-state index contributed by atoms with van der Waals surface area (Å²) in [7, 11) is 0. The van der Waals surface area contributed by atoms with Gasteiger partial charge in [-0.1, -0.05) is 36.8 Å². The molecule has 19 heavy (non-hydrogen) atoms. The van der Waals surface area contributed by atoms with Crippen molar-refractivity contribution in [3.05, 3.63) is 35.9 Å². The van der Waals surface area contributed by atoms with E-state index in [4.69, 9.17) is 0 Å². The lowest BCUT2D eigenvalue weighted by atomic mass is 10.1. The van der Waals surface area contributed by atoms with Gasteiger partial charge in [0.05, 0.1) is 0 Å². The van der Waals surface area contributed by atoms with Crippen molar-refractivity contribution in [1.29, 1.82) is 0 Å². The minimum absolute atomic E-state index is 0.0143. The van der Waals surface area contributed by atoms with Gasteiger partial charge >= 0.3 is 0 Å². The number of benzene rings is 1. The molecular formula is C15H20N2O2. The van der Waals surface area contributed by atoms with Crippen molar-refractivity contribution in [2.24, 2.45) is 0 Å². The molecule has 2 amide bonds. The summed E-state index contributed by atoms with van der Waals surface area (Å²) in [6.45, 7) is 0.568. The molecule has 4 nitrogen and oxygen atoms in total. The third kappa shape index (κ3) is 4.39. The molecule has 0 bridgehead atoms. The van der Waals surface area contributed by atoms with Crippen LogP contribution in [-0.4, -0.2) is 24.4 Å². The highest BCUT2D eigenvalue weighted by Crippen LogP contribution is 2.07. The maximum absolute atomic E-state index is 11.5. The number of carbonyl (C=O) groups is 2. The summed E-state index contributed by atoms with van der Waals surface area (Å²) < 4.78 is 0. The third-order valence-corrected chi connectivity index (χ3v) is 3.34. The second-order valence-electron chi connectivity index (χ2n) is 4.91. The number of unbranched alkanes of at least 4 members (excludes halogenated alkanes) is 2. The Balaban J connectivity index is 1.52. The predicted octanol–water partition coefficient (Wildman–Crippen LogP) is 1.40. The van der Waals surface area contributed by atoms with Crippen LogP contribution in [0.5, 0.6) is 0 Å². The van der Waals surface area contributed by atoms with Crippen LogP contribution in [0.3, 0.4) is 0 Å². The van der Waals surface area contributed by atoms with E-state index >= 15 is 0 Å². The molecule has 2 rings (SSSR count). The van der Waals surface area contributed by atoms with Crippen LogP contribution in [-0.2, 0) is 16.0 Å². The highest BCUT2D eigenvalue weighted by atomic mass is 16.2. The summed E-state index contributed by atoms with van der Waals surface area (Å²) in [5.41, 5.74) is 1.35. The fraction of sp³-hybridized carbons (Fsp3) is 0.467. The smallest absolute Gasteiger partial charge is 0.244 e. The highest BCUT2D eigenvalue weighted by molar-refractivity contribution is 5.92. The molecule has 1 saturated heterocycles. The first-order valence-electron chi connectivity index (χ1n) is 6.87. The van der Waals surface area contributed by atoms with E-state index in [9.17, 15) is 9.59 Å². The quantitative estimate of drug-likeness (QED) is 0.575. The fourth-order valence-electron chi connectivity index (χ4n) is 2.11. The molecule has 4 heteroatoms. The topological polar surface area (TPSA) is 58.2 Å². The number of aryl methyl sites for hydroxylation is 1. The van der Waals surface area contributed by atoms with Crippen molar-refractivity contribution in [1.82, 2.24) is 10.6 Å². The molecule has 1 aliphatic rings. The Morgan fingerprint density at radius 1 is 1.21 bits per heavy atom. The van der Waals surface area contributed by atoms with E-state index in [1.54, 1.807) is 0 Å². The molecule has 0 aliphatic carbocycles. The average Bonchev–Trinajstić information content (AvgIpc) is 2.44. The number of nitrogens with one attached hydrogen (secondary N) is 2. The van der Waals surface area contributed by atoms with Gasteiger partial charge in [-0.15, -0.1) is 0 Å². The van der Waals surface area contributed by atoms with Gasteiger partial charge in [0.2, 0.25) is 11.8 Å². The van der Waals surface area contributed by atoms with Gasteiger partial charge < -0.3 is 10.6 Å². The minimum atomic E-state index is -0.295. The molecule has 1 aliphatic heterocycles. The summed E-state index contributed by atoms with van der Waals surface area (Å²) >= 11 is 0. The van der Waals surface area contributed by atoms with Gasteiger partial charge in [0.15, 0.2) is 0 Å². The van der Waals surface area contributed by atoms with Crippen molar-refractivity contribution < 1.29 is 9.59 Å². The van der Waals surface area contributed by atoms with Gasteiger partial charge in [0, 0.05) is 13.0 Å². The summed E-state index contributed by atoms with van der Waals surface area (Å²) in [4.78, 5) is 22.5. The molecule has 102 valence electrons. The number of β-lactam (4-membered cyclic amide) rings is 1. The summed E-state index contributed by atoms with van der Waals surface area (Å²) in [6.07, 6.45) is 4.60. The molecule has 1 atom stereocenters. The Kier molecular flexibility index (Phi) is 4.95. The van der Waals surface area contributed by atoms with E-state index in [-0.39, 0.29) is 17.9 Å². The van der Waals surface area contributed by atoms with Crippen LogP contribution in [0.15, 0.2) is 30.3 Å². The van der Waals surface area contributed by atoms with Crippen LogP contribution >= 0.6 is 0 Å². The standard InChI is InChI=1S/C15H20N2O2/c18-14(17-13-11-16-15(13)19)10-6-2-5-9-12-7-3-1-4-8-12/h1,3-4,7-8,13H,2,5-6,9-11H2,(H,16,19)(H,17,18). The van der Waals surface area contributed by atoms with E-state index in [0.29, 0.717) is 13.0 Å². The van der Waals surface area contributed by atoms with E-state index in [1.807, 2.05) is 18.2 Å². The Morgan fingerprint density at radius 2 is 2.00 bits per heavy atom. The maximum atomic E-state index is 11.5. The molecule has 1 unspecified atom stereocenters. The van der Waals surface area contributed by atoms with E-state index < -0.39 is 0 Å². The van der Waals surface area contributed by atoms with E-state index in [0.717, 1.165) is 25.7 Å². The van der Waals surface area contributed by atoms with Gasteiger partial charge in [0.25, 0.3) is 0 Å². The second kappa shape index (κ2) is 6.92. The number of carbonyl (C=O) groups excluding carboxylic acids is 2. The number of hydrogen-bond acceptors (Lipinski definition) is 2. The predicted molar refractivity (Wildman–Crippen MR) is 73.6 cm³/mol. The van der Waals surface area contributed by atoms with Crippen LogP contribution in [0.25, 0.3) is 0 Å². The molecular weight excluding hydrogens is 240 g/mol. The number of rotatable bonds is 7. The molecule has 2 N–H and O–H groups in total. The zero-order valence-electron chi connectivity index (χ0n) is 11.0. The molecule has 1 heterocycles. The molecule has 0 aromatic heterocycles. The zero-order valence-corrected chi connectivity index (χ0v) is 11.0. The van der Waals surface area contributed by atoms with Crippen LogP contribution in [0.1, 0.15) is 31.2 Å². The molecule has 1 fully saturated rings. The normalized spacial score (nSPS) is 17.5. The lowest BCUT2D eigenvalue weighted by Crippen LogP contribution is -2.61. The monoisotopic (exact) mass is 260 g/mol. The lowest BCUT2D eigenvalue weighted by molar-refractivity contribution is -0.133. The third-order valence-electron chi connectivity index (χ3n) is 3.34. The average molecular weight is 260 g/mol. The molecule has 1 aromatic rings. The Morgan fingerprint density at radius 3 is 2.63 bits per heavy atom. The molecule has 1 aromatic carbocycles. The van der Waals surface area contributed by atoms with Crippen LogP contribution in [0.2, 0.25) is 0 Å². The number of amides is 2. The maximum Gasteiger partial charge on any atom is 0.244 e. The highest BCUT2D eigenvalue weighted by Gasteiger charge is 2.28. The van der Waals surface area contributed by atoms with Crippen LogP contribution in [0.4, 0.5) is 0 Å². The molecule has 0 radical (unpaired) electrons. The Labute approximate surface area is 113 Å². The summed E-state index contributed by atoms with van der Waals surface area (Å²) in [5, 5.41) is 5.33. The van der Waals surface area contributed by atoms with Crippen LogP contribution in [0, 0.1) is 0 Å². The minimum Gasteiger partial charge on any atom is -0.352 e. The summed E-state index contributed by atoms with van der Waals surface area (Å²) in [6, 6.07) is 10.1.